The minimum absolute atomic E-state index is 0.0121. The van der Waals surface area contributed by atoms with Crippen LogP contribution >= 0.6 is 0 Å². The fraction of sp³-hybridized carbons (Fsp3) is 0.583. The maximum Gasteiger partial charge on any atom is 0.243 e. The highest BCUT2D eigenvalue weighted by molar-refractivity contribution is 5.86. The number of amides is 1. The summed E-state index contributed by atoms with van der Waals surface area (Å²) in [5.41, 5.74) is 8.89. The van der Waals surface area contributed by atoms with Crippen molar-refractivity contribution < 1.29 is 4.79 Å². The summed E-state index contributed by atoms with van der Waals surface area (Å²) in [5.74, 6) is 0.00972. The molecule has 4 heteroatoms. The monoisotopic (exact) mass is 221 g/mol. The average Bonchev–Trinajstić information content (AvgIpc) is 2.66. The van der Waals surface area contributed by atoms with E-state index in [1.165, 1.54) is 6.42 Å². The molecule has 0 spiro atoms. The van der Waals surface area contributed by atoms with Gasteiger partial charge in [0.15, 0.2) is 0 Å². The number of carbonyl (C=O) groups excluding carboxylic acids is 1. The normalized spacial score (nSPS) is 26.1. The van der Waals surface area contributed by atoms with Crippen LogP contribution in [-0.4, -0.2) is 16.6 Å². The van der Waals surface area contributed by atoms with Crippen LogP contribution in [0.3, 0.4) is 0 Å². The highest BCUT2D eigenvalue weighted by Crippen LogP contribution is 2.22. The van der Waals surface area contributed by atoms with E-state index in [1.54, 1.807) is 4.68 Å². The lowest BCUT2D eigenvalue weighted by Gasteiger charge is -2.20. The molecule has 16 heavy (non-hydrogen) atoms. The molecule has 0 radical (unpaired) electrons. The van der Waals surface area contributed by atoms with E-state index in [1.807, 2.05) is 24.5 Å². The van der Waals surface area contributed by atoms with E-state index in [9.17, 15) is 4.79 Å². The van der Waals surface area contributed by atoms with Gasteiger partial charge in [-0.25, -0.2) is 0 Å². The number of nitrogens with one attached hydrogen (secondary N) is 1. The maximum atomic E-state index is 12.0. The van der Waals surface area contributed by atoms with E-state index >= 15 is 0 Å². The van der Waals surface area contributed by atoms with Gasteiger partial charge in [0.25, 0.3) is 0 Å². The summed E-state index contributed by atoms with van der Waals surface area (Å²) in [7, 11) is 0. The Bertz CT molecular complexity index is 334. The number of nitrogens with two attached hydrogens (primary N) is 1. The fourth-order valence-corrected chi connectivity index (χ4v) is 2.28. The van der Waals surface area contributed by atoms with E-state index < -0.39 is 0 Å². The third-order valence-electron chi connectivity index (χ3n) is 3.25. The predicted octanol–water partition coefficient (Wildman–Crippen LogP) is 1.47. The quantitative estimate of drug-likeness (QED) is 0.743. The molecule has 2 atom stereocenters. The Hall–Kier alpha value is -1.29. The van der Waals surface area contributed by atoms with Crippen molar-refractivity contribution in [2.45, 2.75) is 38.1 Å². The molecular weight excluding hydrogens is 202 g/mol. The first-order valence-electron chi connectivity index (χ1n) is 5.97. The molecule has 1 aromatic heterocycles. The third kappa shape index (κ3) is 2.64. The summed E-state index contributed by atoms with van der Waals surface area (Å²) in [5, 5.41) is 0. The van der Waals surface area contributed by atoms with Gasteiger partial charge in [0.1, 0.15) is 0 Å². The van der Waals surface area contributed by atoms with Crippen molar-refractivity contribution in [1.29, 1.82) is 0 Å². The lowest BCUT2D eigenvalue weighted by molar-refractivity contribution is -0.121. The van der Waals surface area contributed by atoms with Crippen LogP contribution in [0, 0.1) is 5.92 Å². The minimum Gasteiger partial charge on any atom is -0.327 e. The standard InChI is InChI=1S/C12H19N3O/c13-11-7-3-1-2-6-10(11)12(16)14-15-8-4-5-9-15/h4-5,8-11H,1-3,6-7,13H2,(H,14,16). The maximum absolute atomic E-state index is 12.0. The van der Waals surface area contributed by atoms with Crippen molar-refractivity contribution in [3.63, 3.8) is 0 Å². The summed E-state index contributed by atoms with van der Waals surface area (Å²) in [6.45, 7) is 0. The number of nitrogens with zero attached hydrogens (tertiary/aromatic N) is 1. The van der Waals surface area contributed by atoms with Gasteiger partial charge in [-0.1, -0.05) is 19.3 Å². The molecule has 1 fully saturated rings. The van der Waals surface area contributed by atoms with Gasteiger partial charge >= 0.3 is 0 Å². The van der Waals surface area contributed by atoms with Crippen LogP contribution in [0.1, 0.15) is 32.1 Å². The lowest BCUT2D eigenvalue weighted by Crippen LogP contribution is -2.40. The van der Waals surface area contributed by atoms with Gasteiger partial charge in [0.2, 0.25) is 5.91 Å². The van der Waals surface area contributed by atoms with Crippen LogP contribution in [-0.2, 0) is 4.79 Å². The molecule has 1 amide bonds. The summed E-state index contributed by atoms with van der Waals surface area (Å²) < 4.78 is 1.68. The Balaban J connectivity index is 1.97. The van der Waals surface area contributed by atoms with Crippen LogP contribution in [0.15, 0.2) is 24.5 Å². The van der Waals surface area contributed by atoms with E-state index in [0.717, 1.165) is 25.7 Å². The second-order valence-corrected chi connectivity index (χ2v) is 4.47. The molecule has 3 N–H and O–H groups in total. The van der Waals surface area contributed by atoms with E-state index in [0.29, 0.717) is 0 Å². The Labute approximate surface area is 95.8 Å². The van der Waals surface area contributed by atoms with Gasteiger partial charge < -0.3 is 5.73 Å². The first kappa shape index (κ1) is 11.2. The predicted molar refractivity (Wildman–Crippen MR) is 63.4 cm³/mol. The zero-order valence-electron chi connectivity index (χ0n) is 9.43. The van der Waals surface area contributed by atoms with Gasteiger partial charge in [0, 0.05) is 18.4 Å². The fourth-order valence-electron chi connectivity index (χ4n) is 2.28. The van der Waals surface area contributed by atoms with Gasteiger partial charge in [-0.15, -0.1) is 0 Å². The van der Waals surface area contributed by atoms with Crippen LogP contribution in [0.5, 0.6) is 0 Å². The highest BCUT2D eigenvalue weighted by atomic mass is 16.2. The molecule has 1 heterocycles. The highest BCUT2D eigenvalue weighted by Gasteiger charge is 2.26. The number of rotatable bonds is 2. The third-order valence-corrected chi connectivity index (χ3v) is 3.25. The van der Waals surface area contributed by atoms with Crippen molar-refractivity contribution in [3.8, 4) is 0 Å². The van der Waals surface area contributed by atoms with Crippen LogP contribution < -0.4 is 11.2 Å². The average molecular weight is 221 g/mol. The smallest absolute Gasteiger partial charge is 0.243 e. The van der Waals surface area contributed by atoms with Gasteiger partial charge in [-0.3, -0.25) is 14.9 Å². The minimum atomic E-state index is -0.0371. The molecule has 0 bridgehead atoms. The van der Waals surface area contributed by atoms with Crippen LogP contribution in [0.25, 0.3) is 0 Å². The zero-order chi connectivity index (χ0) is 11.4. The topological polar surface area (TPSA) is 60.1 Å². The van der Waals surface area contributed by atoms with Gasteiger partial charge in [-0.2, -0.15) is 0 Å². The Morgan fingerprint density at radius 3 is 2.62 bits per heavy atom. The van der Waals surface area contributed by atoms with Crippen molar-refractivity contribution in [1.82, 2.24) is 4.68 Å². The van der Waals surface area contributed by atoms with Crippen molar-refractivity contribution in [3.05, 3.63) is 24.5 Å². The van der Waals surface area contributed by atoms with Crippen LogP contribution in [0.2, 0.25) is 0 Å². The van der Waals surface area contributed by atoms with Crippen LogP contribution in [0.4, 0.5) is 0 Å². The summed E-state index contributed by atoms with van der Waals surface area (Å²) in [6, 6.07) is 3.78. The molecule has 1 aromatic rings. The van der Waals surface area contributed by atoms with Crippen molar-refractivity contribution >= 4 is 5.91 Å². The molecular formula is C12H19N3O. The van der Waals surface area contributed by atoms with E-state index in [4.69, 9.17) is 5.73 Å². The molecule has 1 aliphatic rings. The first-order valence-corrected chi connectivity index (χ1v) is 5.97. The number of hydrogen-bond donors (Lipinski definition) is 2. The molecule has 88 valence electrons. The Kier molecular flexibility index (Phi) is 3.62. The second kappa shape index (κ2) is 5.16. The molecule has 1 saturated carbocycles. The SMILES string of the molecule is NC1CCCCCC1C(=O)Nn1cccc1. The Morgan fingerprint density at radius 2 is 1.88 bits per heavy atom. The van der Waals surface area contributed by atoms with E-state index in [2.05, 4.69) is 5.43 Å². The lowest BCUT2D eigenvalue weighted by atomic mass is 9.95. The van der Waals surface area contributed by atoms with Crippen molar-refractivity contribution in [2.75, 3.05) is 5.43 Å². The van der Waals surface area contributed by atoms with Crippen molar-refractivity contribution in [2.24, 2.45) is 11.7 Å². The van der Waals surface area contributed by atoms with Gasteiger partial charge in [0.05, 0.1) is 5.92 Å². The van der Waals surface area contributed by atoms with E-state index in [-0.39, 0.29) is 17.9 Å². The molecule has 0 saturated heterocycles. The number of carbonyl (C=O) groups is 1. The number of hydrogen-bond acceptors (Lipinski definition) is 2. The zero-order valence-corrected chi connectivity index (χ0v) is 9.43. The van der Waals surface area contributed by atoms with Gasteiger partial charge in [-0.05, 0) is 25.0 Å². The molecule has 1 aliphatic carbocycles. The molecule has 0 aromatic carbocycles. The largest absolute Gasteiger partial charge is 0.327 e. The molecule has 0 aliphatic heterocycles. The second-order valence-electron chi connectivity index (χ2n) is 4.47. The molecule has 2 rings (SSSR count). The first-order chi connectivity index (χ1) is 7.77. The summed E-state index contributed by atoms with van der Waals surface area (Å²) in [6.07, 6.45) is 8.96. The molecule has 2 unspecified atom stereocenters. The number of aromatic nitrogens is 1. The molecule has 4 nitrogen and oxygen atoms in total. The summed E-state index contributed by atoms with van der Waals surface area (Å²) >= 11 is 0. The Morgan fingerprint density at radius 1 is 1.19 bits per heavy atom. The summed E-state index contributed by atoms with van der Waals surface area (Å²) in [4.78, 5) is 12.0.